The van der Waals surface area contributed by atoms with Gasteiger partial charge in [0.2, 0.25) is 5.91 Å². The van der Waals surface area contributed by atoms with Gasteiger partial charge in [-0.25, -0.2) is 8.91 Å². The van der Waals surface area contributed by atoms with Gasteiger partial charge in [0.1, 0.15) is 17.9 Å². The molecular weight excluding hydrogens is 351 g/mol. The van der Waals surface area contributed by atoms with Crippen molar-refractivity contribution in [2.45, 2.75) is 26.0 Å². The highest BCUT2D eigenvalue weighted by molar-refractivity contribution is 5.77. The van der Waals surface area contributed by atoms with Gasteiger partial charge in [-0.2, -0.15) is 5.10 Å². The summed E-state index contributed by atoms with van der Waals surface area (Å²) in [5.74, 6) is -0.474. The maximum atomic E-state index is 13.2. The second-order valence-electron chi connectivity index (χ2n) is 6.60. The number of halogens is 1. The van der Waals surface area contributed by atoms with E-state index in [-0.39, 0.29) is 23.8 Å². The van der Waals surface area contributed by atoms with Crippen molar-refractivity contribution in [2.75, 3.05) is 13.1 Å². The lowest BCUT2D eigenvalue weighted by molar-refractivity contribution is -0.130. The van der Waals surface area contributed by atoms with Crippen LogP contribution in [0.4, 0.5) is 4.39 Å². The molecule has 1 saturated heterocycles. The van der Waals surface area contributed by atoms with E-state index in [9.17, 15) is 19.1 Å². The zero-order chi connectivity index (χ0) is 19.0. The normalized spacial score (nSPS) is 14.2. The molecule has 8 heteroatoms. The van der Waals surface area contributed by atoms with Gasteiger partial charge in [0.05, 0.1) is 12.3 Å². The van der Waals surface area contributed by atoms with E-state index in [1.165, 1.54) is 27.4 Å². The van der Waals surface area contributed by atoms with Crippen LogP contribution in [-0.2, 0) is 17.9 Å². The average Bonchev–Trinajstić information content (AvgIpc) is 3.32. The summed E-state index contributed by atoms with van der Waals surface area (Å²) >= 11 is 0. The van der Waals surface area contributed by atoms with Gasteiger partial charge in [-0.3, -0.25) is 9.59 Å². The quantitative estimate of drug-likeness (QED) is 0.753. The molecule has 1 aromatic carbocycles. The minimum absolute atomic E-state index is 0.0444. The van der Waals surface area contributed by atoms with Crippen molar-refractivity contribution in [2.24, 2.45) is 0 Å². The average molecular weight is 370 g/mol. The Morgan fingerprint density at radius 1 is 1.15 bits per heavy atom. The van der Waals surface area contributed by atoms with Crippen LogP contribution in [0.2, 0.25) is 0 Å². The minimum atomic E-state index is -0.394. The Hall–Kier alpha value is -3.00. The number of fused-ring (bicyclic) bond motifs is 1. The first-order chi connectivity index (χ1) is 13.1. The molecular formula is C19H19FN4O3. The van der Waals surface area contributed by atoms with Crippen LogP contribution >= 0.6 is 0 Å². The summed E-state index contributed by atoms with van der Waals surface area (Å²) in [7, 11) is 0. The first kappa shape index (κ1) is 17.4. The molecule has 0 saturated carbocycles. The number of aliphatic hydroxyl groups is 1. The van der Waals surface area contributed by atoms with E-state index in [2.05, 4.69) is 5.10 Å². The van der Waals surface area contributed by atoms with Gasteiger partial charge in [-0.05, 0) is 37.1 Å². The predicted molar refractivity (Wildman–Crippen MR) is 96.6 cm³/mol. The van der Waals surface area contributed by atoms with Gasteiger partial charge in [-0.1, -0.05) is 0 Å². The number of aliphatic hydroxyl groups excluding tert-OH is 1. The molecule has 4 rings (SSSR count). The number of carbonyl (C=O) groups is 1. The third kappa shape index (κ3) is 3.12. The Kier molecular flexibility index (Phi) is 4.49. The maximum absolute atomic E-state index is 13.2. The molecule has 1 aliphatic heterocycles. The Bertz CT molecular complexity index is 1050. The molecule has 0 bridgehead atoms. The smallest absolute Gasteiger partial charge is 0.277 e. The predicted octanol–water partition coefficient (Wildman–Crippen LogP) is 1.42. The Balaban J connectivity index is 1.76. The van der Waals surface area contributed by atoms with Crippen LogP contribution < -0.4 is 5.56 Å². The van der Waals surface area contributed by atoms with Gasteiger partial charge in [0.15, 0.2) is 0 Å². The molecule has 27 heavy (non-hydrogen) atoms. The van der Waals surface area contributed by atoms with Crippen molar-refractivity contribution < 1.29 is 14.3 Å². The molecule has 0 radical (unpaired) electrons. The van der Waals surface area contributed by atoms with E-state index in [1.807, 2.05) is 0 Å². The summed E-state index contributed by atoms with van der Waals surface area (Å²) < 4.78 is 15.9. The van der Waals surface area contributed by atoms with Crippen LogP contribution in [0, 0.1) is 5.82 Å². The van der Waals surface area contributed by atoms with Gasteiger partial charge in [0, 0.05) is 36.6 Å². The summed E-state index contributed by atoms with van der Waals surface area (Å²) in [5.41, 5.74) is 1.19. The molecule has 0 aliphatic carbocycles. The fraction of sp³-hybridized carbons (Fsp3) is 0.316. The molecule has 1 N–H and O–H groups in total. The molecule has 3 heterocycles. The number of carbonyl (C=O) groups excluding carboxylic acids is 1. The first-order valence-electron chi connectivity index (χ1n) is 8.83. The summed E-state index contributed by atoms with van der Waals surface area (Å²) in [5, 5.41) is 14.2. The monoisotopic (exact) mass is 370 g/mol. The second kappa shape index (κ2) is 6.96. The number of amides is 1. The molecule has 140 valence electrons. The van der Waals surface area contributed by atoms with Crippen LogP contribution in [0.5, 0.6) is 0 Å². The fourth-order valence-electron chi connectivity index (χ4n) is 3.48. The minimum Gasteiger partial charge on any atom is -0.392 e. The van der Waals surface area contributed by atoms with Crippen LogP contribution in [0.3, 0.4) is 0 Å². The van der Waals surface area contributed by atoms with E-state index < -0.39 is 12.2 Å². The maximum Gasteiger partial charge on any atom is 0.277 e. The van der Waals surface area contributed by atoms with Gasteiger partial charge in [-0.15, -0.1) is 0 Å². The largest absolute Gasteiger partial charge is 0.392 e. The van der Waals surface area contributed by atoms with Gasteiger partial charge >= 0.3 is 0 Å². The van der Waals surface area contributed by atoms with Crippen molar-refractivity contribution in [1.29, 1.82) is 0 Å². The highest BCUT2D eigenvalue weighted by Crippen LogP contribution is 2.25. The fourth-order valence-corrected chi connectivity index (χ4v) is 3.48. The topological polar surface area (TPSA) is 79.8 Å². The lowest BCUT2D eigenvalue weighted by atomic mass is 10.1. The van der Waals surface area contributed by atoms with Crippen LogP contribution in [-0.4, -0.2) is 43.2 Å². The Morgan fingerprint density at radius 2 is 1.85 bits per heavy atom. The SMILES string of the molecule is O=C(Cn1ccn2nc(-c3ccc(F)cc3)c(CO)c2c1=O)N1CCCC1. The summed E-state index contributed by atoms with van der Waals surface area (Å²) in [6.45, 7) is 1.00. The number of likely N-dealkylation sites (tertiary alicyclic amines) is 1. The highest BCUT2D eigenvalue weighted by Gasteiger charge is 2.21. The molecule has 2 aromatic heterocycles. The standard InChI is InChI=1S/C19H19FN4O3/c20-14-5-3-13(4-6-14)17-15(12-25)18-19(27)23(9-10-24(18)21-17)11-16(26)22-7-1-2-8-22/h3-6,9-10,25H,1-2,7-8,11-12H2. The third-order valence-electron chi connectivity index (χ3n) is 4.90. The van der Waals surface area contributed by atoms with E-state index in [0.717, 1.165) is 25.9 Å². The highest BCUT2D eigenvalue weighted by atomic mass is 19.1. The van der Waals surface area contributed by atoms with Crippen molar-refractivity contribution >= 4 is 11.4 Å². The molecule has 0 unspecified atom stereocenters. The third-order valence-corrected chi connectivity index (χ3v) is 4.90. The molecule has 7 nitrogen and oxygen atoms in total. The van der Waals surface area contributed by atoms with Crippen molar-refractivity contribution in [3.8, 4) is 11.3 Å². The number of aromatic nitrogens is 3. The molecule has 1 amide bonds. The van der Waals surface area contributed by atoms with E-state index >= 15 is 0 Å². The van der Waals surface area contributed by atoms with Crippen molar-refractivity contribution in [3.63, 3.8) is 0 Å². The zero-order valence-electron chi connectivity index (χ0n) is 14.6. The Morgan fingerprint density at radius 3 is 2.52 bits per heavy atom. The number of hydrogen-bond donors (Lipinski definition) is 1. The van der Waals surface area contributed by atoms with Gasteiger partial charge in [0.25, 0.3) is 5.56 Å². The van der Waals surface area contributed by atoms with Crippen LogP contribution in [0.15, 0.2) is 41.5 Å². The Labute approximate surface area is 154 Å². The summed E-state index contributed by atoms with van der Waals surface area (Å²) in [6, 6.07) is 5.69. The molecule has 0 spiro atoms. The summed E-state index contributed by atoms with van der Waals surface area (Å²) in [6.07, 6.45) is 5.07. The van der Waals surface area contributed by atoms with Crippen molar-refractivity contribution in [1.82, 2.24) is 19.1 Å². The zero-order valence-corrected chi connectivity index (χ0v) is 14.6. The number of benzene rings is 1. The van der Waals surface area contributed by atoms with Gasteiger partial charge < -0.3 is 14.6 Å². The van der Waals surface area contributed by atoms with Crippen LogP contribution in [0.25, 0.3) is 16.8 Å². The summed E-state index contributed by atoms with van der Waals surface area (Å²) in [4.78, 5) is 27.0. The van der Waals surface area contributed by atoms with Crippen LogP contribution in [0.1, 0.15) is 18.4 Å². The number of nitrogens with zero attached hydrogens (tertiary/aromatic N) is 4. The van der Waals surface area contributed by atoms with E-state index in [4.69, 9.17) is 0 Å². The number of hydrogen-bond acceptors (Lipinski definition) is 4. The molecule has 3 aromatic rings. The molecule has 0 atom stereocenters. The lowest BCUT2D eigenvalue weighted by Gasteiger charge is -2.16. The first-order valence-corrected chi connectivity index (χ1v) is 8.83. The molecule has 1 fully saturated rings. The van der Waals surface area contributed by atoms with Crippen molar-refractivity contribution in [3.05, 3.63) is 58.4 Å². The molecule has 1 aliphatic rings. The van der Waals surface area contributed by atoms with E-state index in [1.54, 1.807) is 23.2 Å². The lowest BCUT2D eigenvalue weighted by Crippen LogP contribution is -2.34. The number of rotatable bonds is 4. The van der Waals surface area contributed by atoms with E-state index in [0.29, 0.717) is 16.8 Å². The second-order valence-corrected chi connectivity index (χ2v) is 6.60.